The van der Waals surface area contributed by atoms with Crippen LogP contribution in [0.1, 0.15) is 18.3 Å². The van der Waals surface area contributed by atoms with Gasteiger partial charge in [-0.2, -0.15) is 0 Å². The zero-order valence-corrected chi connectivity index (χ0v) is 10.7. The number of aromatic nitrogens is 2. The molecule has 0 atom stereocenters. The van der Waals surface area contributed by atoms with E-state index in [0.717, 1.165) is 23.3 Å². The van der Waals surface area contributed by atoms with Crippen LogP contribution < -0.4 is 0 Å². The van der Waals surface area contributed by atoms with E-state index in [0.29, 0.717) is 0 Å². The SMILES string of the molecule is CCc1nc2c(C)cc(-c3ccccc3)cc2[nH]1. The maximum Gasteiger partial charge on any atom is 0.106 e. The molecule has 0 saturated carbocycles. The maximum atomic E-state index is 4.61. The Morgan fingerprint density at radius 1 is 1.06 bits per heavy atom. The molecule has 90 valence electrons. The van der Waals surface area contributed by atoms with Crippen molar-refractivity contribution in [3.05, 3.63) is 53.9 Å². The first-order chi connectivity index (χ1) is 8.78. The van der Waals surface area contributed by atoms with E-state index in [1.54, 1.807) is 0 Å². The van der Waals surface area contributed by atoms with Gasteiger partial charge in [-0.3, -0.25) is 0 Å². The van der Waals surface area contributed by atoms with Crippen LogP contribution in [0.15, 0.2) is 42.5 Å². The largest absolute Gasteiger partial charge is 0.342 e. The van der Waals surface area contributed by atoms with Gasteiger partial charge in [0.15, 0.2) is 0 Å². The summed E-state index contributed by atoms with van der Waals surface area (Å²) in [5.41, 5.74) is 5.93. The van der Waals surface area contributed by atoms with Gasteiger partial charge < -0.3 is 4.98 Å². The number of H-pyrrole nitrogens is 1. The van der Waals surface area contributed by atoms with Crippen LogP contribution in [-0.2, 0) is 6.42 Å². The third-order valence-corrected chi connectivity index (χ3v) is 3.27. The first-order valence-corrected chi connectivity index (χ1v) is 6.32. The zero-order chi connectivity index (χ0) is 12.5. The van der Waals surface area contributed by atoms with Crippen LogP contribution in [0, 0.1) is 6.92 Å². The fraction of sp³-hybridized carbons (Fsp3) is 0.188. The van der Waals surface area contributed by atoms with Crippen molar-refractivity contribution in [1.82, 2.24) is 9.97 Å². The van der Waals surface area contributed by atoms with Crippen molar-refractivity contribution < 1.29 is 0 Å². The molecular weight excluding hydrogens is 220 g/mol. The summed E-state index contributed by atoms with van der Waals surface area (Å²) < 4.78 is 0. The van der Waals surface area contributed by atoms with E-state index in [-0.39, 0.29) is 0 Å². The molecule has 0 bridgehead atoms. The lowest BCUT2D eigenvalue weighted by molar-refractivity contribution is 1.000. The van der Waals surface area contributed by atoms with E-state index >= 15 is 0 Å². The Morgan fingerprint density at radius 2 is 1.83 bits per heavy atom. The smallest absolute Gasteiger partial charge is 0.106 e. The summed E-state index contributed by atoms with van der Waals surface area (Å²) in [6.45, 7) is 4.24. The lowest BCUT2D eigenvalue weighted by Crippen LogP contribution is -1.82. The minimum Gasteiger partial charge on any atom is -0.342 e. The van der Waals surface area contributed by atoms with Crippen LogP contribution in [0.3, 0.4) is 0 Å². The molecule has 0 unspecified atom stereocenters. The van der Waals surface area contributed by atoms with E-state index in [1.165, 1.54) is 16.7 Å². The first kappa shape index (κ1) is 11.0. The summed E-state index contributed by atoms with van der Waals surface area (Å²) in [4.78, 5) is 8.00. The van der Waals surface area contributed by atoms with Gasteiger partial charge in [-0.15, -0.1) is 0 Å². The van der Waals surface area contributed by atoms with Crippen molar-refractivity contribution in [3.63, 3.8) is 0 Å². The van der Waals surface area contributed by atoms with E-state index in [2.05, 4.69) is 60.2 Å². The van der Waals surface area contributed by atoms with Crippen molar-refractivity contribution in [2.24, 2.45) is 0 Å². The quantitative estimate of drug-likeness (QED) is 0.713. The van der Waals surface area contributed by atoms with Crippen LogP contribution >= 0.6 is 0 Å². The number of aromatic amines is 1. The molecule has 0 aliphatic heterocycles. The van der Waals surface area contributed by atoms with E-state index in [1.807, 2.05) is 6.07 Å². The van der Waals surface area contributed by atoms with Crippen molar-refractivity contribution in [3.8, 4) is 11.1 Å². The number of hydrogen-bond donors (Lipinski definition) is 1. The molecule has 0 amide bonds. The normalized spacial score (nSPS) is 11.0. The number of benzene rings is 2. The van der Waals surface area contributed by atoms with Crippen LogP contribution in [0.2, 0.25) is 0 Å². The molecule has 2 aromatic carbocycles. The zero-order valence-electron chi connectivity index (χ0n) is 10.7. The van der Waals surface area contributed by atoms with Crippen molar-refractivity contribution in [2.45, 2.75) is 20.3 Å². The van der Waals surface area contributed by atoms with E-state index in [4.69, 9.17) is 0 Å². The van der Waals surface area contributed by atoms with Crippen LogP contribution in [0.5, 0.6) is 0 Å². The summed E-state index contributed by atoms with van der Waals surface area (Å²) in [6, 6.07) is 14.8. The summed E-state index contributed by atoms with van der Waals surface area (Å²) in [6.07, 6.45) is 0.939. The highest BCUT2D eigenvalue weighted by atomic mass is 14.9. The third-order valence-electron chi connectivity index (χ3n) is 3.27. The number of nitrogens with one attached hydrogen (secondary N) is 1. The summed E-state index contributed by atoms with van der Waals surface area (Å²) in [5, 5.41) is 0. The average Bonchev–Trinajstić information content (AvgIpc) is 2.83. The summed E-state index contributed by atoms with van der Waals surface area (Å²) >= 11 is 0. The van der Waals surface area contributed by atoms with Gasteiger partial charge in [-0.1, -0.05) is 37.3 Å². The molecule has 2 nitrogen and oxygen atoms in total. The highest BCUT2D eigenvalue weighted by Crippen LogP contribution is 2.26. The van der Waals surface area contributed by atoms with Crippen LogP contribution in [-0.4, -0.2) is 9.97 Å². The van der Waals surface area contributed by atoms with Crippen molar-refractivity contribution >= 4 is 11.0 Å². The number of fused-ring (bicyclic) bond motifs is 1. The molecular formula is C16H16N2. The molecule has 18 heavy (non-hydrogen) atoms. The number of nitrogens with zero attached hydrogens (tertiary/aromatic N) is 1. The van der Waals surface area contributed by atoms with Gasteiger partial charge in [-0.25, -0.2) is 4.98 Å². The van der Waals surface area contributed by atoms with Crippen LogP contribution in [0.25, 0.3) is 22.2 Å². The van der Waals surface area contributed by atoms with Gasteiger partial charge in [0.2, 0.25) is 0 Å². The molecule has 0 saturated heterocycles. The predicted octanol–water partition coefficient (Wildman–Crippen LogP) is 4.10. The molecule has 3 rings (SSSR count). The molecule has 3 aromatic rings. The Morgan fingerprint density at radius 3 is 2.56 bits per heavy atom. The van der Waals surface area contributed by atoms with Crippen molar-refractivity contribution in [2.75, 3.05) is 0 Å². The first-order valence-electron chi connectivity index (χ1n) is 6.32. The monoisotopic (exact) mass is 236 g/mol. The number of aryl methyl sites for hydroxylation is 2. The van der Waals surface area contributed by atoms with E-state index < -0.39 is 0 Å². The molecule has 0 fully saturated rings. The number of hydrogen-bond acceptors (Lipinski definition) is 1. The van der Waals surface area contributed by atoms with Gasteiger partial charge in [-0.05, 0) is 35.7 Å². The lowest BCUT2D eigenvalue weighted by atomic mass is 10.0. The fourth-order valence-electron chi connectivity index (χ4n) is 2.31. The van der Waals surface area contributed by atoms with Gasteiger partial charge in [0.1, 0.15) is 5.82 Å². The Labute approximate surface area is 107 Å². The minimum atomic E-state index is 0.939. The Balaban J connectivity index is 2.21. The molecule has 2 heteroatoms. The van der Waals surface area contributed by atoms with Gasteiger partial charge in [0.25, 0.3) is 0 Å². The molecule has 0 radical (unpaired) electrons. The number of rotatable bonds is 2. The van der Waals surface area contributed by atoms with Gasteiger partial charge >= 0.3 is 0 Å². The highest BCUT2D eigenvalue weighted by Gasteiger charge is 2.07. The second kappa shape index (κ2) is 4.30. The summed E-state index contributed by atoms with van der Waals surface area (Å²) in [5.74, 6) is 1.05. The molecule has 0 aliphatic rings. The molecule has 1 heterocycles. The lowest BCUT2D eigenvalue weighted by Gasteiger charge is -2.03. The van der Waals surface area contributed by atoms with E-state index in [9.17, 15) is 0 Å². The fourth-order valence-corrected chi connectivity index (χ4v) is 2.31. The van der Waals surface area contributed by atoms with Crippen LogP contribution in [0.4, 0.5) is 0 Å². The molecule has 1 N–H and O–H groups in total. The van der Waals surface area contributed by atoms with Gasteiger partial charge in [0.05, 0.1) is 11.0 Å². The molecule has 0 spiro atoms. The minimum absolute atomic E-state index is 0.939. The second-order valence-corrected chi connectivity index (χ2v) is 4.59. The standard InChI is InChI=1S/C16H16N2/c1-3-15-17-14-10-13(9-11(2)16(14)18-15)12-7-5-4-6-8-12/h4-10H,3H2,1-2H3,(H,17,18). The Kier molecular flexibility index (Phi) is 2.63. The Bertz CT molecular complexity index is 681. The maximum absolute atomic E-state index is 4.61. The Hall–Kier alpha value is -2.09. The summed E-state index contributed by atoms with van der Waals surface area (Å²) in [7, 11) is 0. The highest BCUT2D eigenvalue weighted by molar-refractivity contribution is 5.85. The third kappa shape index (κ3) is 1.80. The topological polar surface area (TPSA) is 28.7 Å². The second-order valence-electron chi connectivity index (χ2n) is 4.59. The molecule has 0 aliphatic carbocycles. The van der Waals surface area contributed by atoms with Crippen molar-refractivity contribution in [1.29, 1.82) is 0 Å². The molecule has 1 aromatic heterocycles. The average molecular weight is 236 g/mol. The number of imidazole rings is 1. The predicted molar refractivity (Wildman–Crippen MR) is 75.6 cm³/mol. The van der Waals surface area contributed by atoms with Gasteiger partial charge in [0, 0.05) is 6.42 Å².